The van der Waals surface area contributed by atoms with Crippen LogP contribution in [0.1, 0.15) is 41.8 Å². The second-order valence-electron chi connectivity index (χ2n) is 7.02. The van der Waals surface area contributed by atoms with E-state index in [9.17, 15) is 9.59 Å². The number of thiazole rings is 1. The van der Waals surface area contributed by atoms with E-state index in [1.165, 1.54) is 30.6 Å². The van der Waals surface area contributed by atoms with Gasteiger partial charge in [0.1, 0.15) is 4.88 Å². The molecule has 1 saturated carbocycles. The third-order valence-corrected chi connectivity index (χ3v) is 6.20. The summed E-state index contributed by atoms with van der Waals surface area (Å²) < 4.78 is 1.92. The summed E-state index contributed by atoms with van der Waals surface area (Å²) in [4.78, 5) is 32.4. The SMILES string of the molecule is CN(C(=O)c1cn2c(nc3ccc(NC(=O)CN)cc32)s1)C1CCCCC1.Cl.Cl. The van der Waals surface area contributed by atoms with Gasteiger partial charge >= 0.3 is 0 Å². The fraction of sp³-hybridized carbons (Fsp3) is 0.421. The maximum atomic E-state index is 12.9. The van der Waals surface area contributed by atoms with Crippen LogP contribution in [0.4, 0.5) is 5.69 Å². The summed E-state index contributed by atoms with van der Waals surface area (Å²) in [5.74, 6) is -0.191. The summed E-state index contributed by atoms with van der Waals surface area (Å²) in [7, 11) is 1.90. The van der Waals surface area contributed by atoms with Crippen molar-refractivity contribution in [2.45, 2.75) is 38.1 Å². The maximum Gasteiger partial charge on any atom is 0.265 e. The molecular weight excluding hydrogens is 433 g/mol. The highest BCUT2D eigenvalue weighted by molar-refractivity contribution is 7.18. The van der Waals surface area contributed by atoms with E-state index in [1.807, 2.05) is 34.7 Å². The average Bonchev–Trinajstić information content (AvgIpc) is 3.25. The van der Waals surface area contributed by atoms with Crippen LogP contribution in [0, 0.1) is 0 Å². The second-order valence-corrected chi connectivity index (χ2v) is 8.03. The number of carbonyl (C=O) groups excluding carboxylic acids is 2. The third kappa shape index (κ3) is 4.66. The van der Waals surface area contributed by atoms with Gasteiger partial charge in [-0.15, -0.1) is 24.8 Å². The van der Waals surface area contributed by atoms with Gasteiger partial charge in [-0.25, -0.2) is 4.98 Å². The van der Waals surface area contributed by atoms with Gasteiger partial charge < -0.3 is 16.0 Å². The summed E-state index contributed by atoms with van der Waals surface area (Å²) >= 11 is 1.40. The number of carbonyl (C=O) groups is 2. The molecule has 7 nitrogen and oxygen atoms in total. The summed E-state index contributed by atoms with van der Waals surface area (Å²) in [6.45, 7) is -0.0650. The maximum absolute atomic E-state index is 12.9. The lowest BCUT2D eigenvalue weighted by Crippen LogP contribution is -2.37. The fourth-order valence-corrected chi connectivity index (χ4v) is 4.69. The first-order valence-corrected chi connectivity index (χ1v) is 10.1. The molecule has 1 fully saturated rings. The predicted octanol–water partition coefficient (Wildman–Crippen LogP) is 3.69. The number of anilines is 1. The highest BCUT2D eigenvalue weighted by atomic mass is 35.5. The van der Waals surface area contributed by atoms with E-state index in [4.69, 9.17) is 5.73 Å². The number of rotatable bonds is 4. The van der Waals surface area contributed by atoms with Crippen molar-refractivity contribution >= 4 is 69.6 Å². The molecule has 0 unspecified atom stereocenters. The minimum atomic E-state index is -0.245. The van der Waals surface area contributed by atoms with Crippen LogP contribution in [0.25, 0.3) is 16.0 Å². The van der Waals surface area contributed by atoms with Crippen molar-refractivity contribution in [2.75, 3.05) is 18.9 Å². The molecule has 29 heavy (non-hydrogen) atoms. The molecule has 2 heterocycles. The molecule has 0 saturated heterocycles. The largest absolute Gasteiger partial charge is 0.338 e. The molecule has 3 aromatic rings. The van der Waals surface area contributed by atoms with Gasteiger partial charge in [-0.3, -0.25) is 14.0 Å². The van der Waals surface area contributed by atoms with E-state index in [0.717, 1.165) is 28.8 Å². The molecule has 1 aliphatic rings. The Balaban J connectivity index is 0.00000150. The molecule has 4 rings (SSSR count). The van der Waals surface area contributed by atoms with Crippen LogP contribution in [0.2, 0.25) is 0 Å². The van der Waals surface area contributed by atoms with Crippen LogP contribution in [-0.2, 0) is 4.79 Å². The minimum Gasteiger partial charge on any atom is -0.338 e. The van der Waals surface area contributed by atoms with Crippen LogP contribution in [0.3, 0.4) is 0 Å². The summed E-state index contributed by atoms with van der Waals surface area (Å²) in [5.41, 5.74) is 7.71. The van der Waals surface area contributed by atoms with Crippen molar-refractivity contribution in [2.24, 2.45) is 5.73 Å². The molecule has 2 aromatic heterocycles. The first-order chi connectivity index (χ1) is 13.1. The number of nitrogens with zero attached hydrogens (tertiary/aromatic N) is 3. The fourth-order valence-electron chi connectivity index (χ4n) is 3.71. The van der Waals surface area contributed by atoms with Crippen LogP contribution >= 0.6 is 36.2 Å². The zero-order valence-corrected chi connectivity index (χ0v) is 18.5. The number of benzene rings is 1. The quantitative estimate of drug-likeness (QED) is 0.624. The molecule has 158 valence electrons. The van der Waals surface area contributed by atoms with E-state index >= 15 is 0 Å². The number of hydrogen-bond acceptors (Lipinski definition) is 5. The molecule has 0 spiro atoms. The lowest BCUT2D eigenvalue weighted by molar-refractivity contribution is -0.114. The Kier molecular flexibility index (Phi) is 7.87. The summed E-state index contributed by atoms with van der Waals surface area (Å²) in [6.07, 6.45) is 7.66. The Hall–Kier alpha value is -1.87. The normalized spacial score (nSPS) is 14.3. The van der Waals surface area contributed by atoms with E-state index in [1.54, 1.807) is 6.07 Å². The number of fused-ring (bicyclic) bond motifs is 3. The van der Waals surface area contributed by atoms with E-state index < -0.39 is 0 Å². The summed E-state index contributed by atoms with van der Waals surface area (Å²) in [6, 6.07) is 5.84. The van der Waals surface area contributed by atoms with Gasteiger partial charge in [-0.2, -0.15) is 0 Å². The Morgan fingerprint density at radius 1 is 1.28 bits per heavy atom. The van der Waals surface area contributed by atoms with E-state index in [2.05, 4.69) is 10.3 Å². The zero-order chi connectivity index (χ0) is 19.0. The highest BCUT2D eigenvalue weighted by Gasteiger charge is 2.25. The summed E-state index contributed by atoms with van der Waals surface area (Å²) in [5, 5.41) is 2.75. The van der Waals surface area contributed by atoms with Gasteiger partial charge in [0, 0.05) is 25.0 Å². The monoisotopic (exact) mass is 457 g/mol. The second kappa shape index (κ2) is 9.75. The Morgan fingerprint density at radius 2 is 2.00 bits per heavy atom. The average molecular weight is 458 g/mol. The lowest BCUT2D eigenvalue weighted by Gasteiger charge is -2.30. The molecule has 10 heteroatoms. The number of aromatic nitrogens is 2. The Morgan fingerprint density at radius 3 is 2.69 bits per heavy atom. The predicted molar refractivity (Wildman–Crippen MR) is 122 cm³/mol. The van der Waals surface area contributed by atoms with Gasteiger partial charge in [0.05, 0.1) is 17.6 Å². The highest BCUT2D eigenvalue weighted by Crippen LogP contribution is 2.28. The molecule has 0 aliphatic heterocycles. The van der Waals surface area contributed by atoms with Gasteiger partial charge in [-0.05, 0) is 31.0 Å². The minimum absolute atomic E-state index is 0. The molecule has 0 atom stereocenters. The number of nitrogens with one attached hydrogen (secondary N) is 1. The van der Waals surface area contributed by atoms with Crippen molar-refractivity contribution < 1.29 is 9.59 Å². The Bertz CT molecular complexity index is 1010. The third-order valence-electron chi connectivity index (χ3n) is 5.23. The van der Waals surface area contributed by atoms with Crippen LogP contribution in [-0.4, -0.2) is 45.7 Å². The molecule has 1 aromatic carbocycles. The Labute approximate surface area is 185 Å². The van der Waals surface area contributed by atoms with Crippen molar-refractivity contribution in [3.63, 3.8) is 0 Å². The molecule has 0 bridgehead atoms. The van der Waals surface area contributed by atoms with Crippen LogP contribution in [0.5, 0.6) is 0 Å². The molecular formula is C19H25Cl2N5O2S. The topological polar surface area (TPSA) is 92.7 Å². The van der Waals surface area contributed by atoms with Crippen LogP contribution < -0.4 is 11.1 Å². The molecule has 1 aliphatic carbocycles. The smallest absolute Gasteiger partial charge is 0.265 e. The lowest BCUT2D eigenvalue weighted by atomic mass is 9.94. The van der Waals surface area contributed by atoms with Crippen molar-refractivity contribution in [3.05, 3.63) is 29.3 Å². The van der Waals surface area contributed by atoms with E-state index in [-0.39, 0.29) is 43.2 Å². The standard InChI is InChI=1S/C19H23N5O2S.2ClH/c1-23(13-5-3-2-4-6-13)18(26)16-11-24-15-9-12(21-17(25)10-20)7-8-14(15)22-19(24)27-16;;/h7-9,11,13H,2-6,10,20H2,1H3,(H,21,25);2*1H. The number of amides is 2. The van der Waals surface area contributed by atoms with Gasteiger partial charge in [0.15, 0.2) is 4.96 Å². The number of nitrogens with two attached hydrogens (primary N) is 1. The van der Waals surface area contributed by atoms with Crippen molar-refractivity contribution in [1.82, 2.24) is 14.3 Å². The first-order valence-electron chi connectivity index (χ1n) is 9.25. The van der Waals surface area contributed by atoms with Crippen molar-refractivity contribution in [3.8, 4) is 0 Å². The molecule has 2 amide bonds. The first kappa shape index (κ1) is 23.4. The number of imidazole rings is 1. The van der Waals surface area contributed by atoms with E-state index in [0.29, 0.717) is 16.6 Å². The number of halogens is 2. The van der Waals surface area contributed by atoms with Crippen LogP contribution in [0.15, 0.2) is 24.4 Å². The van der Waals surface area contributed by atoms with Crippen molar-refractivity contribution in [1.29, 1.82) is 0 Å². The zero-order valence-electron chi connectivity index (χ0n) is 16.1. The van der Waals surface area contributed by atoms with Gasteiger partial charge in [0.25, 0.3) is 5.91 Å². The molecule has 3 N–H and O–H groups in total. The van der Waals surface area contributed by atoms with Gasteiger partial charge in [0.2, 0.25) is 5.91 Å². The molecule has 0 radical (unpaired) electrons. The van der Waals surface area contributed by atoms with Gasteiger partial charge in [-0.1, -0.05) is 30.6 Å². The number of hydrogen-bond donors (Lipinski definition) is 2.